The van der Waals surface area contributed by atoms with Gasteiger partial charge in [0, 0.05) is 13.1 Å². The van der Waals surface area contributed by atoms with Crippen molar-refractivity contribution in [3.8, 4) is 0 Å². The molecule has 0 aromatic carbocycles. The summed E-state index contributed by atoms with van der Waals surface area (Å²) in [7, 11) is 0. The van der Waals surface area contributed by atoms with E-state index in [2.05, 4.69) is 24.7 Å². The second kappa shape index (κ2) is 19.4. The molecule has 8 nitrogen and oxygen atoms in total. The van der Waals surface area contributed by atoms with Crippen molar-refractivity contribution < 1.29 is 19.8 Å². The van der Waals surface area contributed by atoms with Gasteiger partial charge in [0.25, 0.3) is 0 Å². The van der Waals surface area contributed by atoms with Gasteiger partial charge in [-0.2, -0.15) is 0 Å². The summed E-state index contributed by atoms with van der Waals surface area (Å²) in [4.78, 5) is 18.2. The van der Waals surface area contributed by atoms with Gasteiger partial charge in [-0.25, -0.2) is 9.59 Å². The number of nitrogens with two attached hydrogens (primary N) is 2. The van der Waals surface area contributed by atoms with E-state index in [1.54, 1.807) is 0 Å². The fourth-order valence-corrected chi connectivity index (χ4v) is 0.289. The smallest absolute Gasteiger partial charge is 0.414 e. The van der Waals surface area contributed by atoms with Gasteiger partial charge in [-0.05, 0) is 12.8 Å². The van der Waals surface area contributed by atoms with Crippen molar-refractivity contribution in [1.29, 1.82) is 0 Å². The van der Waals surface area contributed by atoms with E-state index in [0.29, 0.717) is 0 Å². The Hall–Kier alpha value is -1.22. The van der Waals surface area contributed by atoms with Gasteiger partial charge in [0.15, 0.2) is 0 Å². The first-order chi connectivity index (χ1) is 7.47. The third-order valence-corrected chi connectivity index (χ3v) is 0.972. The quantitative estimate of drug-likeness (QED) is 0.204. The lowest BCUT2D eigenvalue weighted by molar-refractivity contribution is -0.159. The second-order valence-electron chi connectivity index (χ2n) is 2.52. The van der Waals surface area contributed by atoms with E-state index in [1.165, 1.54) is 0 Å². The fraction of sp³-hybridized carbons (Fsp3) is 0.750. The molecule has 8 N–H and O–H groups in total. The summed E-state index contributed by atoms with van der Waals surface area (Å²) in [6.45, 7) is 5.97. The van der Waals surface area contributed by atoms with Crippen molar-refractivity contribution in [2.45, 2.75) is 26.7 Å². The summed E-state index contributed by atoms with van der Waals surface area (Å²) >= 11 is 0. The summed E-state index contributed by atoms with van der Waals surface area (Å²) in [5.74, 6) is 6.13. The molecule has 0 rings (SSSR count). The molecule has 0 unspecified atom stereocenters. The monoisotopic (exact) mass is 238 g/mol. The SMILES string of the molecule is CCCNN.CCCNN.O=C(O)C(=O)O. The van der Waals surface area contributed by atoms with E-state index in [9.17, 15) is 0 Å². The van der Waals surface area contributed by atoms with Crippen LogP contribution in [0.5, 0.6) is 0 Å². The van der Waals surface area contributed by atoms with Crippen LogP contribution in [0.25, 0.3) is 0 Å². The molecule has 0 radical (unpaired) electrons. The molecule has 0 amide bonds. The highest BCUT2D eigenvalue weighted by Gasteiger charge is 2.04. The maximum atomic E-state index is 9.10. The summed E-state index contributed by atoms with van der Waals surface area (Å²) in [5.41, 5.74) is 5.03. The van der Waals surface area contributed by atoms with Gasteiger partial charge in [-0.3, -0.25) is 22.5 Å². The van der Waals surface area contributed by atoms with Crippen molar-refractivity contribution in [1.82, 2.24) is 10.9 Å². The van der Waals surface area contributed by atoms with Crippen molar-refractivity contribution in [3.05, 3.63) is 0 Å². The largest absolute Gasteiger partial charge is 0.473 e. The second-order valence-corrected chi connectivity index (χ2v) is 2.52. The lowest BCUT2D eigenvalue weighted by atomic mass is 10.5. The molecule has 0 aromatic rings. The van der Waals surface area contributed by atoms with Gasteiger partial charge < -0.3 is 10.2 Å². The molecule has 0 aliphatic carbocycles. The molecule has 0 aromatic heterocycles. The number of rotatable bonds is 4. The van der Waals surface area contributed by atoms with E-state index >= 15 is 0 Å². The number of hydrogen-bond acceptors (Lipinski definition) is 6. The minimum absolute atomic E-state index is 0.917. The van der Waals surface area contributed by atoms with E-state index in [-0.39, 0.29) is 0 Å². The number of carboxylic acid groups (broad SMARTS) is 2. The Bertz CT molecular complexity index is 144. The predicted molar refractivity (Wildman–Crippen MR) is 60.2 cm³/mol. The fourth-order valence-electron chi connectivity index (χ4n) is 0.289. The van der Waals surface area contributed by atoms with Crippen molar-refractivity contribution in [2.75, 3.05) is 13.1 Å². The van der Waals surface area contributed by atoms with Crippen molar-refractivity contribution >= 4 is 11.9 Å². The first-order valence-electron chi connectivity index (χ1n) is 4.80. The molecular weight excluding hydrogens is 216 g/mol. The molecule has 0 aliphatic rings. The molecule has 0 saturated carbocycles. The Morgan fingerprint density at radius 2 is 1.19 bits per heavy atom. The molecule has 0 spiro atoms. The van der Waals surface area contributed by atoms with Crippen LogP contribution < -0.4 is 22.5 Å². The van der Waals surface area contributed by atoms with E-state index in [0.717, 1.165) is 25.9 Å². The zero-order valence-electron chi connectivity index (χ0n) is 9.69. The summed E-state index contributed by atoms with van der Waals surface area (Å²) < 4.78 is 0. The molecular formula is C8H22N4O4. The van der Waals surface area contributed by atoms with Crippen LogP contribution in [0.1, 0.15) is 26.7 Å². The van der Waals surface area contributed by atoms with E-state index in [4.69, 9.17) is 31.5 Å². The standard InChI is InChI=1S/2C3H10N2.C2H2O4/c2*1-2-3-5-4;3-1(4)2(5)6/h2*5H,2-4H2,1H3;(H,3,4)(H,5,6). The van der Waals surface area contributed by atoms with Crippen LogP contribution in [0.3, 0.4) is 0 Å². The molecule has 98 valence electrons. The van der Waals surface area contributed by atoms with Gasteiger partial charge in [0.1, 0.15) is 0 Å². The van der Waals surface area contributed by atoms with Gasteiger partial charge in [0.2, 0.25) is 0 Å². The highest BCUT2D eigenvalue weighted by atomic mass is 16.4. The minimum atomic E-state index is -1.82. The molecule has 0 fully saturated rings. The summed E-state index contributed by atoms with van der Waals surface area (Å²) in [5, 5.41) is 14.8. The summed E-state index contributed by atoms with van der Waals surface area (Å²) in [6.07, 6.45) is 2.22. The lowest BCUT2D eigenvalue weighted by Gasteiger charge is -1.85. The third-order valence-electron chi connectivity index (χ3n) is 0.972. The molecule has 0 aliphatic heterocycles. The number of hydrogen-bond donors (Lipinski definition) is 6. The Kier molecular flexibility index (Phi) is 24.5. The highest BCUT2D eigenvalue weighted by Crippen LogP contribution is 1.61. The number of nitrogens with one attached hydrogen (secondary N) is 2. The van der Waals surface area contributed by atoms with Crippen LogP contribution >= 0.6 is 0 Å². The van der Waals surface area contributed by atoms with Crippen LogP contribution in [0.15, 0.2) is 0 Å². The Balaban J connectivity index is -0.000000160. The van der Waals surface area contributed by atoms with Crippen molar-refractivity contribution in [3.63, 3.8) is 0 Å². The van der Waals surface area contributed by atoms with Gasteiger partial charge in [-0.1, -0.05) is 13.8 Å². The zero-order chi connectivity index (χ0) is 13.4. The normalized spacial score (nSPS) is 8.00. The molecule has 0 heterocycles. The number of hydrazine groups is 2. The maximum absolute atomic E-state index is 9.10. The van der Waals surface area contributed by atoms with Gasteiger partial charge in [-0.15, -0.1) is 0 Å². The predicted octanol–water partition coefficient (Wildman–Crippen LogP) is -1.12. The van der Waals surface area contributed by atoms with Crippen LogP contribution in [-0.4, -0.2) is 35.2 Å². The maximum Gasteiger partial charge on any atom is 0.414 e. The minimum Gasteiger partial charge on any atom is -0.473 e. The first-order valence-corrected chi connectivity index (χ1v) is 4.80. The summed E-state index contributed by atoms with van der Waals surface area (Å²) in [6, 6.07) is 0. The average Bonchev–Trinajstić information content (AvgIpc) is 2.22. The molecule has 0 atom stereocenters. The third kappa shape index (κ3) is 38.6. The lowest BCUT2D eigenvalue weighted by Crippen LogP contribution is -2.21. The molecule has 16 heavy (non-hydrogen) atoms. The Morgan fingerprint density at radius 3 is 1.19 bits per heavy atom. The van der Waals surface area contributed by atoms with Crippen LogP contribution in [0, 0.1) is 0 Å². The van der Waals surface area contributed by atoms with Gasteiger partial charge >= 0.3 is 11.9 Å². The number of carboxylic acids is 2. The number of aliphatic carboxylic acids is 2. The zero-order valence-corrected chi connectivity index (χ0v) is 9.69. The number of carbonyl (C=O) groups is 2. The molecule has 0 bridgehead atoms. The first kappa shape index (κ1) is 20.2. The van der Waals surface area contributed by atoms with Crippen LogP contribution in [0.4, 0.5) is 0 Å². The molecule has 0 saturated heterocycles. The van der Waals surface area contributed by atoms with E-state index in [1.807, 2.05) is 0 Å². The van der Waals surface area contributed by atoms with Gasteiger partial charge in [0.05, 0.1) is 0 Å². The van der Waals surface area contributed by atoms with Crippen molar-refractivity contribution in [2.24, 2.45) is 11.7 Å². The Labute approximate surface area is 94.9 Å². The van der Waals surface area contributed by atoms with Crippen LogP contribution in [0.2, 0.25) is 0 Å². The average molecular weight is 238 g/mol. The highest BCUT2D eigenvalue weighted by molar-refractivity contribution is 6.27. The topological polar surface area (TPSA) is 151 Å². The van der Waals surface area contributed by atoms with Crippen LogP contribution in [-0.2, 0) is 9.59 Å². The van der Waals surface area contributed by atoms with E-state index < -0.39 is 11.9 Å². The molecule has 8 heteroatoms. The Morgan fingerprint density at radius 1 is 0.938 bits per heavy atom.